The van der Waals surface area contributed by atoms with Gasteiger partial charge in [0.2, 0.25) is 0 Å². The molecule has 1 rings (SSSR count). The molecule has 2 N–H and O–H groups in total. The fraction of sp³-hybridized carbons (Fsp3) is 0.538. The van der Waals surface area contributed by atoms with Crippen molar-refractivity contribution in [3.05, 3.63) is 35.4 Å². The lowest BCUT2D eigenvalue weighted by Gasteiger charge is -2.12. The summed E-state index contributed by atoms with van der Waals surface area (Å²) in [5.74, 6) is 0.173. The highest BCUT2D eigenvalue weighted by Gasteiger charge is 2.17. The van der Waals surface area contributed by atoms with Gasteiger partial charge in [-0.1, -0.05) is 37.6 Å². The maximum absolute atomic E-state index is 12.0. The van der Waals surface area contributed by atoms with E-state index in [1.54, 1.807) is 0 Å². The second kappa shape index (κ2) is 6.17. The Balaban J connectivity index is 2.70. The second-order valence-electron chi connectivity index (χ2n) is 4.53. The topological polar surface area (TPSA) is 60.2 Å². The quantitative estimate of drug-likeness (QED) is 0.846. The van der Waals surface area contributed by atoms with Gasteiger partial charge in [-0.25, -0.2) is 8.42 Å². The van der Waals surface area contributed by atoms with Crippen molar-refractivity contribution in [1.29, 1.82) is 0 Å². The molecule has 96 valence electrons. The molecule has 0 saturated heterocycles. The van der Waals surface area contributed by atoms with Gasteiger partial charge in [-0.15, -0.1) is 0 Å². The molecular formula is C13H21NO2S. The Kier molecular flexibility index (Phi) is 5.15. The highest BCUT2D eigenvalue weighted by molar-refractivity contribution is 7.90. The molecule has 0 saturated carbocycles. The van der Waals surface area contributed by atoms with E-state index >= 15 is 0 Å². The summed E-state index contributed by atoms with van der Waals surface area (Å²) in [5, 5.41) is 0. The van der Waals surface area contributed by atoms with Crippen LogP contribution in [0.2, 0.25) is 0 Å². The summed E-state index contributed by atoms with van der Waals surface area (Å²) in [7, 11) is -3.10. The lowest BCUT2D eigenvalue weighted by atomic mass is 10.1. The van der Waals surface area contributed by atoms with Crippen LogP contribution in [0.5, 0.6) is 0 Å². The third-order valence-electron chi connectivity index (χ3n) is 2.76. The lowest BCUT2D eigenvalue weighted by molar-refractivity contribution is 0.576. The highest BCUT2D eigenvalue weighted by Crippen LogP contribution is 2.12. The normalized spacial score (nSPS) is 13.6. The van der Waals surface area contributed by atoms with E-state index in [0.717, 1.165) is 24.0 Å². The summed E-state index contributed by atoms with van der Waals surface area (Å²) in [6.07, 6.45) is 1.67. The van der Waals surface area contributed by atoms with Gasteiger partial charge >= 0.3 is 0 Å². The standard InChI is InChI=1S/C13H21NO2S/c1-3-6-13(14)10-17(15,16)9-12-8-5-4-7-11(12)2/h4-5,7-8,13H,3,6,9-10,14H2,1-2H3. The Morgan fingerprint density at radius 3 is 2.53 bits per heavy atom. The van der Waals surface area contributed by atoms with Gasteiger partial charge in [-0.05, 0) is 24.5 Å². The molecule has 0 aliphatic carbocycles. The molecule has 0 amide bonds. The van der Waals surface area contributed by atoms with Gasteiger partial charge in [0, 0.05) is 6.04 Å². The van der Waals surface area contributed by atoms with Crippen LogP contribution in [-0.4, -0.2) is 20.2 Å². The van der Waals surface area contributed by atoms with Crippen molar-refractivity contribution in [1.82, 2.24) is 0 Å². The molecule has 0 fully saturated rings. The molecule has 1 unspecified atom stereocenters. The van der Waals surface area contributed by atoms with Crippen LogP contribution in [-0.2, 0) is 15.6 Å². The molecule has 1 atom stereocenters. The molecule has 0 heterocycles. The average molecular weight is 255 g/mol. The van der Waals surface area contributed by atoms with Gasteiger partial charge in [-0.2, -0.15) is 0 Å². The molecule has 3 nitrogen and oxygen atoms in total. The zero-order chi connectivity index (χ0) is 12.9. The van der Waals surface area contributed by atoms with E-state index in [1.165, 1.54) is 0 Å². The molecule has 0 spiro atoms. The summed E-state index contributed by atoms with van der Waals surface area (Å²) in [6, 6.07) is 7.32. The number of nitrogens with two attached hydrogens (primary N) is 1. The summed E-state index contributed by atoms with van der Waals surface area (Å²) < 4.78 is 23.9. The summed E-state index contributed by atoms with van der Waals surface area (Å²) in [4.78, 5) is 0. The van der Waals surface area contributed by atoms with E-state index in [2.05, 4.69) is 0 Å². The molecular weight excluding hydrogens is 234 g/mol. The van der Waals surface area contributed by atoms with Crippen LogP contribution in [0.1, 0.15) is 30.9 Å². The average Bonchev–Trinajstić information content (AvgIpc) is 2.20. The first kappa shape index (κ1) is 14.2. The molecule has 1 aromatic rings. The molecule has 0 aliphatic rings. The Morgan fingerprint density at radius 2 is 1.94 bits per heavy atom. The molecule has 4 heteroatoms. The van der Waals surface area contributed by atoms with Crippen LogP contribution in [0.15, 0.2) is 24.3 Å². The minimum Gasteiger partial charge on any atom is -0.327 e. The van der Waals surface area contributed by atoms with Crippen molar-refractivity contribution in [3.63, 3.8) is 0 Å². The monoisotopic (exact) mass is 255 g/mol. The maximum Gasteiger partial charge on any atom is 0.155 e. The summed E-state index contributed by atoms with van der Waals surface area (Å²) >= 11 is 0. The molecule has 0 radical (unpaired) electrons. The van der Waals surface area contributed by atoms with E-state index in [-0.39, 0.29) is 17.5 Å². The van der Waals surface area contributed by atoms with Crippen molar-refractivity contribution in [2.45, 2.75) is 38.5 Å². The van der Waals surface area contributed by atoms with Crippen LogP contribution >= 0.6 is 0 Å². The van der Waals surface area contributed by atoms with Crippen LogP contribution < -0.4 is 5.73 Å². The minimum atomic E-state index is -3.10. The van der Waals surface area contributed by atoms with E-state index in [4.69, 9.17) is 5.73 Å². The SMILES string of the molecule is CCCC(N)CS(=O)(=O)Cc1ccccc1C. The van der Waals surface area contributed by atoms with Gasteiger partial charge in [-0.3, -0.25) is 0 Å². The zero-order valence-corrected chi connectivity index (χ0v) is 11.3. The lowest BCUT2D eigenvalue weighted by Crippen LogP contribution is -2.30. The number of aryl methyl sites for hydroxylation is 1. The van der Waals surface area contributed by atoms with E-state index < -0.39 is 9.84 Å². The number of hydrogen-bond donors (Lipinski definition) is 1. The Bertz CT molecular complexity index is 454. The number of benzene rings is 1. The van der Waals surface area contributed by atoms with Gasteiger partial charge in [0.15, 0.2) is 9.84 Å². The number of hydrogen-bond acceptors (Lipinski definition) is 3. The van der Waals surface area contributed by atoms with Crippen molar-refractivity contribution >= 4 is 9.84 Å². The predicted molar refractivity (Wildman–Crippen MR) is 71.6 cm³/mol. The maximum atomic E-state index is 12.0. The Hall–Kier alpha value is -0.870. The van der Waals surface area contributed by atoms with Crippen LogP contribution in [0, 0.1) is 6.92 Å². The van der Waals surface area contributed by atoms with Gasteiger partial charge in [0.05, 0.1) is 11.5 Å². The first-order valence-corrected chi connectivity index (χ1v) is 7.77. The van der Waals surface area contributed by atoms with Gasteiger partial charge in [0.25, 0.3) is 0 Å². The first-order valence-electron chi connectivity index (χ1n) is 5.95. The molecule has 0 aliphatic heterocycles. The first-order chi connectivity index (χ1) is 7.94. The zero-order valence-electron chi connectivity index (χ0n) is 10.5. The van der Waals surface area contributed by atoms with Crippen molar-refractivity contribution < 1.29 is 8.42 Å². The largest absolute Gasteiger partial charge is 0.327 e. The molecule has 0 aromatic heterocycles. The number of rotatable bonds is 6. The highest BCUT2D eigenvalue weighted by atomic mass is 32.2. The summed E-state index contributed by atoms with van der Waals surface area (Å²) in [6.45, 7) is 3.94. The second-order valence-corrected chi connectivity index (χ2v) is 6.64. The minimum absolute atomic E-state index is 0.0785. The molecule has 1 aromatic carbocycles. The Morgan fingerprint density at radius 1 is 1.29 bits per heavy atom. The van der Waals surface area contributed by atoms with Crippen molar-refractivity contribution in [3.8, 4) is 0 Å². The summed E-state index contributed by atoms with van der Waals surface area (Å²) in [5.41, 5.74) is 7.67. The third-order valence-corrected chi connectivity index (χ3v) is 4.45. The number of sulfone groups is 1. The van der Waals surface area contributed by atoms with Crippen molar-refractivity contribution in [2.24, 2.45) is 5.73 Å². The van der Waals surface area contributed by atoms with E-state index in [1.807, 2.05) is 38.1 Å². The van der Waals surface area contributed by atoms with Gasteiger partial charge in [0.1, 0.15) is 0 Å². The fourth-order valence-corrected chi connectivity index (χ4v) is 3.58. The van der Waals surface area contributed by atoms with Crippen LogP contribution in [0.4, 0.5) is 0 Å². The van der Waals surface area contributed by atoms with E-state index in [9.17, 15) is 8.42 Å². The van der Waals surface area contributed by atoms with E-state index in [0.29, 0.717) is 0 Å². The molecule has 17 heavy (non-hydrogen) atoms. The van der Waals surface area contributed by atoms with Gasteiger partial charge < -0.3 is 5.73 Å². The molecule has 0 bridgehead atoms. The fourth-order valence-electron chi connectivity index (χ4n) is 1.85. The van der Waals surface area contributed by atoms with Crippen LogP contribution in [0.3, 0.4) is 0 Å². The predicted octanol–water partition coefficient (Wildman–Crippen LogP) is 2.04. The smallest absolute Gasteiger partial charge is 0.155 e. The van der Waals surface area contributed by atoms with Crippen LogP contribution in [0.25, 0.3) is 0 Å². The third kappa shape index (κ3) is 4.88. The Labute approximate surface area is 104 Å². The van der Waals surface area contributed by atoms with Crippen molar-refractivity contribution in [2.75, 3.05) is 5.75 Å².